The Morgan fingerprint density at radius 1 is 1.27 bits per heavy atom. The zero-order valence-corrected chi connectivity index (χ0v) is 9.87. The molecule has 0 spiro atoms. The van der Waals surface area contributed by atoms with Crippen LogP contribution in [-0.2, 0) is 9.47 Å². The van der Waals surface area contributed by atoms with Crippen LogP contribution >= 0.6 is 0 Å². The second-order valence-corrected chi connectivity index (χ2v) is 4.69. The molecule has 3 unspecified atom stereocenters. The van der Waals surface area contributed by atoms with Gasteiger partial charge in [0.2, 0.25) is 0 Å². The minimum Gasteiger partial charge on any atom is -0.375 e. The van der Waals surface area contributed by atoms with Crippen LogP contribution in [-0.4, -0.2) is 38.5 Å². The van der Waals surface area contributed by atoms with Crippen molar-refractivity contribution in [2.45, 2.75) is 50.9 Å². The number of ether oxygens (including phenoxy) is 2. The predicted octanol–water partition coefficient (Wildman–Crippen LogP) is 1.57. The van der Waals surface area contributed by atoms with Gasteiger partial charge in [-0.15, -0.1) is 0 Å². The summed E-state index contributed by atoms with van der Waals surface area (Å²) in [5.74, 6) is 0.968. The standard InChI is InChI=1S/C12H23NO2/c1-3-14-12-10(13-2)8-11(12)15-7-6-9-4-5-9/h9-13H,3-8H2,1-2H3. The quantitative estimate of drug-likeness (QED) is 0.696. The molecule has 3 heteroatoms. The summed E-state index contributed by atoms with van der Waals surface area (Å²) < 4.78 is 11.5. The van der Waals surface area contributed by atoms with Crippen molar-refractivity contribution in [2.24, 2.45) is 5.92 Å². The minimum absolute atomic E-state index is 0.277. The number of hydrogen-bond acceptors (Lipinski definition) is 3. The Morgan fingerprint density at radius 2 is 2.07 bits per heavy atom. The van der Waals surface area contributed by atoms with Crippen LogP contribution in [0, 0.1) is 5.92 Å². The van der Waals surface area contributed by atoms with Crippen molar-refractivity contribution in [3.05, 3.63) is 0 Å². The van der Waals surface area contributed by atoms with Crippen LogP contribution in [0.15, 0.2) is 0 Å². The fraction of sp³-hybridized carbons (Fsp3) is 1.00. The van der Waals surface area contributed by atoms with Gasteiger partial charge in [-0.25, -0.2) is 0 Å². The summed E-state index contributed by atoms with van der Waals surface area (Å²) in [6.45, 7) is 3.76. The van der Waals surface area contributed by atoms with Crippen LogP contribution in [0.3, 0.4) is 0 Å². The molecule has 2 fully saturated rings. The molecule has 0 heterocycles. The lowest BCUT2D eigenvalue weighted by atomic mass is 9.85. The second kappa shape index (κ2) is 5.28. The average Bonchev–Trinajstić information content (AvgIpc) is 3.02. The summed E-state index contributed by atoms with van der Waals surface area (Å²) in [5.41, 5.74) is 0. The number of rotatable bonds is 7. The molecule has 0 aliphatic heterocycles. The maximum absolute atomic E-state index is 5.86. The lowest BCUT2D eigenvalue weighted by molar-refractivity contribution is -0.144. The van der Waals surface area contributed by atoms with E-state index in [1.54, 1.807) is 0 Å². The third-order valence-corrected chi connectivity index (χ3v) is 3.53. The van der Waals surface area contributed by atoms with Crippen molar-refractivity contribution < 1.29 is 9.47 Å². The lowest BCUT2D eigenvalue weighted by Crippen LogP contribution is -2.59. The average molecular weight is 213 g/mol. The van der Waals surface area contributed by atoms with Crippen LogP contribution in [0.5, 0.6) is 0 Å². The summed E-state index contributed by atoms with van der Waals surface area (Å²) >= 11 is 0. The van der Waals surface area contributed by atoms with E-state index in [1.807, 2.05) is 14.0 Å². The molecule has 0 aromatic carbocycles. The molecule has 15 heavy (non-hydrogen) atoms. The molecule has 1 N–H and O–H groups in total. The smallest absolute Gasteiger partial charge is 0.0990 e. The molecular weight excluding hydrogens is 190 g/mol. The van der Waals surface area contributed by atoms with Crippen molar-refractivity contribution in [1.82, 2.24) is 5.32 Å². The lowest BCUT2D eigenvalue weighted by Gasteiger charge is -2.43. The fourth-order valence-electron chi connectivity index (χ4n) is 2.24. The van der Waals surface area contributed by atoms with Gasteiger partial charge in [0, 0.05) is 19.3 Å². The Labute approximate surface area is 92.5 Å². The molecule has 0 aromatic heterocycles. The van der Waals surface area contributed by atoms with Gasteiger partial charge in [0.25, 0.3) is 0 Å². The first kappa shape index (κ1) is 11.4. The highest BCUT2D eigenvalue weighted by atomic mass is 16.5. The molecule has 2 saturated carbocycles. The molecule has 3 nitrogen and oxygen atoms in total. The molecular formula is C12H23NO2. The zero-order valence-electron chi connectivity index (χ0n) is 9.87. The predicted molar refractivity (Wildman–Crippen MR) is 60.0 cm³/mol. The van der Waals surface area contributed by atoms with E-state index in [0.29, 0.717) is 12.1 Å². The molecule has 2 rings (SSSR count). The molecule has 3 atom stereocenters. The van der Waals surface area contributed by atoms with Crippen LogP contribution < -0.4 is 5.32 Å². The first-order valence-corrected chi connectivity index (χ1v) is 6.25. The topological polar surface area (TPSA) is 30.5 Å². The highest BCUT2D eigenvalue weighted by Gasteiger charge is 2.41. The van der Waals surface area contributed by atoms with Crippen LogP contribution in [0.2, 0.25) is 0 Å². The Hall–Kier alpha value is -0.120. The van der Waals surface area contributed by atoms with Gasteiger partial charge in [-0.2, -0.15) is 0 Å². The first-order chi connectivity index (χ1) is 7.35. The summed E-state index contributed by atoms with van der Waals surface area (Å²) in [6, 6.07) is 0.496. The van der Waals surface area contributed by atoms with E-state index in [-0.39, 0.29) is 6.10 Å². The van der Waals surface area contributed by atoms with Crippen molar-refractivity contribution in [3.63, 3.8) is 0 Å². The molecule has 0 bridgehead atoms. The fourth-order valence-corrected chi connectivity index (χ4v) is 2.24. The van der Waals surface area contributed by atoms with Crippen molar-refractivity contribution in [2.75, 3.05) is 20.3 Å². The van der Waals surface area contributed by atoms with E-state index in [0.717, 1.165) is 25.6 Å². The monoisotopic (exact) mass is 213 g/mol. The van der Waals surface area contributed by atoms with Gasteiger partial charge in [0.15, 0.2) is 0 Å². The molecule has 0 aromatic rings. The maximum atomic E-state index is 5.86. The van der Waals surface area contributed by atoms with E-state index in [2.05, 4.69) is 5.32 Å². The normalized spacial score (nSPS) is 35.2. The third kappa shape index (κ3) is 2.92. The van der Waals surface area contributed by atoms with Crippen LogP contribution in [0.1, 0.15) is 32.6 Å². The molecule has 2 aliphatic carbocycles. The molecule has 88 valence electrons. The van der Waals surface area contributed by atoms with E-state index < -0.39 is 0 Å². The molecule has 0 saturated heterocycles. The van der Waals surface area contributed by atoms with Gasteiger partial charge < -0.3 is 14.8 Å². The van der Waals surface area contributed by atoms with E-state index >= 15 is 0 Å². The zero-order chi connectivity index (χ0) is 10.7. The minimum atomic E-state index is 0.277. The van der Waals surface area contributed by atoms with E-state index in [9.17, 15) is 0 Å². The second-order valence-electron chi connectivity index (χ2n) is 4.69. The summed E-state index contributed by atoms with van der Waals surface area (Å²) in [7, 11) is 2.00. The Balaban J connectivity index is 1.63. The molecule has 2 aliphatic rings. The Bertz CT molecular complexity index is 194. The maximum Gasteiger partial charge on any atom is 0.0990 e. The highest BCUT2D eigenvalue weighted by molar-refractivity contribution is 4.96. The van der Waals surface area contributed by atoms with Crippen LogP contribution in [0.4, 0.5) is 0 Å². The third-order valence-electron chi connectivity index (χ3n) is 3.53. The van der Waals surface area contributed by atoms with E-state index in [1.165, 1.54) is 19.3 Å². The summed E-state index contributed by atoms with van der Waals surface area (Å²) in [5, 5.41) is 3.27. The van der Waals surface area contributed by atoms with Gasteiger partial charge in [-0.1, -0.05) is 12.8 Å². The first-order valence-electron chi connectivity index (χ1n) is 6.25. The Kier molecular flexibility index (Phi) is 4.00. The number of nitrogens with one attached hydrogen (secondary N) is 1. The van der Waals surface area contributed by atoms with Gasteiger partial charge in [0.1, 0.15) is 0 Å². The summed E-state index contributed by atoms with van der Waals surface area (Å²) in [4.78, 5) is 0. The molecule has 0 amide bonds. The van der Waals surface area contributed by atoms with Gasteiger partial charge in [-0.3, -0.25) is 0 Å². The van der Waals surface area contributed by atoms with Gasteiger partial charge >= 0.3 is 0 Å². The van der Waals surface area contributed by atoms with Gasteiger partial charge in [-0.05, 0) is 32.7 Å². The van der Waals surface area contributed by atoms with Crippen LogP contribution in [0.25, 0.3) is 0 Å². The van der Waals surface area contributed by atoms with Crippen molar-refractivity contribution in [1.29, 1.82) is 0 Å². The van der Waals surface area contributed by atoms with Gasteiger partial charge in [0.05, 0.1) is 12.2 Å². The molecule has 0 radical (unpaired) electrons. The van der Waals surface area contributed by atoms with Crippen molar-refractivity contribution >= 4 is 0 Å². The SMILES string of the molecule is CCOC1C(NC)CC1OCCC1CC1. The Morgan fingerprint density at radius 3 is 2.67 bits per heavy atom. The number of likely N-dealkylation sites (N-methyl/N-ethyl adjacent to an activating group) is 1. The highest BCUT2D eigenvalue weighted by Crippen LogP contribution is 2.33. The van der Waals surface area contributed by atoms with Crippen molar-refractivity contribution in [3.8, 4) is 0 Å². The van der Waals surface area contributed by atoms with E-state index in [4.69, 9.17) is 9.47 Å². The largest absolute Gasteiger partial charge is 0.375 e. The summed E-state index contributed by atoms with van der Waals surface area (Å²) in [6.07, 6.45) is 5.80. The number of hydrogen-bond donors (Lipinski definition) is 1.